The van der Waals surface area contributed by atoms with Crippen LogP contribution in [0.1, 0.15) is 67.9 Å². The van der Waals surface area contributed by atoms with Crippen molar-refractivity contribution in [3.63, 3.8) is 0 Å². The van der Waals surface area contributed by atoms with Crippen LogP contribution in [0.15, 0.2) is 42.5 Å². The van der Waals surface area contributed by atoms with Gasteiger partial charge in [0.15, 0.2) is 0 Å². The molecule has 4 heteroatoms. The molecule has 0 radical (unpaired) electrons. The van der Waals surface area contributed by atoms with Crippen molar-refractivity contribution in [3.8, 4) is 5.75 Å². The molecule has 0 N–H and O–H groups in total. The molecule has 5 rings (SSSR count). The van der Waals surface area contributed by atoms with Crippen LogP contribution in [-0.4, -0.2) is 44.1 Å². The van der Waals surface area contributed by atoms with Crippen molar-refractivity contribution in [1.82, 2.24) is 4.90 Å². The number of benzene rings is 2. The lowest BCUT2D eigenvalue weighted by atomic mass is 9.74. The number of fused-ring (bicyclic) bond motifs is 2. The molecule has 2 aromatic carbocycles. The Labute approximate surface area is 192 Å². The summed E-state index contributed by atoms with van der Waals surface area (Å²) in [5, 5.41) is 0. The monoisotopic (exact) mass is 432 g/mol. The van der Waals surface area contributed by atoms with Gasteiger partial charge in [0, 0.05) is 29.8 Å². The average Bonchev–Trinajstić information content (AvgIpc) is 3.56. The van der Waals surface area contributed by atoms with E-state index in [1.165, 1.54) is 30.5 Å². The highest BCUT2D eigenvalue weighted by Gasteiger charge is 2.47. The molecule has 2 heterocycles. The Morgan fingerprint density at radius 3 is 2.34 bits per heavy atom. The van der Waals surface area contributed by atoms with E-state index in [4.69, 9.17) is 4.74 Å². The summed E-state index contributed by atoms with van der Waals surface area (Å²) in [7, 11) is 1.72. The minimum Gasteiger partial charge on any atom is -0.497 e. The van der Waals surface area contributed by atoms with E-state index in [-0.39, 0.29) is 16.7 Å². The summed E-state index contributed by atoms with van der Waals surface area (Å²) in [5.41, 5.74) is 4.49. The molecule has 2 aromatic rings. The lowest BCUT2D eigenvalue weighted by molar-refractivity contribution is 0.0976. The normalized spacial score (nSPS) is 20.4. The number of rotatable bonds is 4. The second kappa shape index (κ2) is 7.91. The molecule has 0 bridgehead atoms. The minimum atomic E-state index is 0.0327. The number of ether oxygens (including phenoxy) is 1. The molecule has 3 aliphatic rings. The fourth-order valence-corrected chi connectivity index (χ4v) is 5.48. The molecule has 2 aliphatic heterocycles. The van der Waals surface area contributed by atoms with Gasteiger partial charge in [0.2, 0.25) is 0 Å². The van der Waals surface area contributed by atoms with E-state index in [1.54, 1.807) is 7.11 Å². The number of carbonyl (C=O) groups is 1. The maximum atomic E-state index is 13.7. The van der Waals surface area contributed by atoms with Crippen molar-refractivity contribution >= 4 is 11.6 Å². The largest absolute Gasteiger partial charge is 0.497 e. The smallest absolute Gasteiger partial charge is 0.258 e. The molecular weight excluding hydrogens is 396 g/mol. The summed E-state index contributed by atoms with van der Waals surface area (Å²) in [6, 6.07) is 14.4. The van der Waals surface area contributed by atoms with E-state index in [2.05, 4.69) is 49.9 Å². The third kappa shape index (κ3) is 3.94. The number of piperidine rings is 1. The zero-order valence-electron chi connectivity index (χ0n) is 20.0. The second-order valence-electron chi connectivity index (χ2n) is 11.1. The first kappa shape index (κ1) is 21.5. The zero-order valence-corrected chi connectivity index (χ0v) is 20.0. The highest BCUT2D eigenvalue weighted by atomic mass is 16.5. The van der Waals surface area contributed by atoms with Crippen LogP contribution in [0.3, 0.4) is 0 Å². The van der Waals surface area contributed by atoms with Gasteiger partial charge in [-0.05, 0) is 91.6 Å². The summed E-state index contributed by atoms with van der Waals surface area (Å²) in [6.07, 6.45) is 5.01. The van der Waals surface area contributed by atoms with Gasteiger partial charge in [-0.2, -0.15) is 0 Å². The first-order valence-corrected chi connectivity index (χ1v) is 12.1. The van der Waals surface area contributed by atoms with Crippen LogP contribution < -0.4 is 9.64 Å². The van der Waals surface area contributed by atoms with Crippen molar-refractivity contribution in [3.05, 3.63) is 59.2 Å². The summed E-state index contributed by atoms with van der Waals surface area (Å²) >= 11 is 0. The number of amides is 1. The van der Waals surface area contributed by atoms with Gasteiger partial charge in [-0.25, -0.2) is 0 Å². The van der Waals surface area contributed by atoms with Crippen molar-refractivity contribution in [2.75, 3.05) is 38.2 Å². The molecule has 170 valence electrons. The Morgan fingerprint density at radius 1 is 1.06 bits per heavy atom. The van der Waals surface area contributed by atoms with Crippen molar-refractivity contribution < 1.29 is 9.53 Å². The van der Waals surface area contributed by atoms with E-state index >= 15 is 0 Å². The van der Waals surface area contributed by atoms with Crippen molar-refractivity contribution in [1.29, 1.82) is 0 Å². The van der Waals surface area contributed by atoms with Crippen molar-refractivity contribution in [2.24, 2.45) is 5.92 Å². The summed E-state index contributed by atoms with van der Waals surface area (Å²) < 4.78 is 5.57. The summed E-state index contributed by atoms with van der Waals surface area (Å²) in [4.78, 5) is 18.3. The Morgan fingerprint density at radius 2 is 1.75 bits per heavy atom. The molecule has 4 nitrogen and oxygen atoms in total. The van der Waals surface area contributed by atoms with Crippen LogP contribution in [0.5, 0.6) is 5.75 Å². The topological polar surface area (TPSA) is 32.8 Å². The number of likely N-dealkylation sites (tertiary alicyclic amines) is 1. The molecule has 0 atom stereocenters. The summed E-state index contributed by atoms with van der Waals surface area (Å²) in [5.74, 6) is 1.91. The quantitative estimate of drug-likeness (QED) is 0.649. The van der Waals surface area contributed by atoms with Crippen molar-refractivity contribution in [2.45, 2.75) is 57.3 Å². The van der Waals surface area contributed by atoms with Crippen LogP contribution in [0.4, 0.5) is 5.69 Å². The first-order chi connectivity index (χ1) is 15.3. The average molecular weight is 433 g/mol. The number of carbonyl (C=O) groups excluding carboxylic acids is 1. The molecule has 32 heavy (non-hydrogen) atoms. The van der Waals surface area contributed by atoms with Gasteiger partial charge in [0.05, 0.1) is 7.11 Å². The number of nitrogens with zero attached hydrogens (tertiary/aromatic N) is 2. The molecule has 0 aromatic heterocycles. The van der Waals surface area contributed by atoms with E-state index in [0.29, 0.717) is 0 Å². The summed E-state index contributed by atoms with van der Waals surface area (Å²) in [6.45, 7) is 10.9. The predicted octanol–water partition coefficient (Wildman–Crippen LogP) is 5.40. The highest BCUT2D eigenvalue weighted by Crippen LogP contribution is 2.49. The maximum Gasteiger partial charge on any atom is 0.258 e. The van der Waals surface area contributed by atoms with E-state index in [0.717, 1.165) is 55.4 Å². The SMILES string of the molecule is COc1ccc2c(c1)C1(CCN(CC3CC3)CC1)CN2C(=O)c1ccc(C(C)(C)C)cc1. The van der Waals surface area contributed by atoms with E-state index in [9.17, 15) is 4.79 Å². The molecule has 0 unspecified atom stereocenters. The van der Waals surface area contributed by atoms with Gasteiger partial charge >= 0.3 is 0 Å². The Balaban J connectivity index is 1.42. The number of anilines is 1. The van der Waals surface area contributed by atoms with Gasteiger partial charge < -0.3 is 14.5 Å². The zero-order chi connectivity index (χ0) is 22.5. The molecule has 2 fully saturated rings. The molecule has 1 amide bonds. The van der Waals surface area contributed by atoms with E-state index < -0.39 is 0 Å². The standard InChI is InChI=1S/C28H36N2O2/c1-27(2,3)22-9-7-21(8-10-22)26(31)30-19-28(24-17-23(32-4)11-12-25(24)30)13-15-29(16-14-28)18-20-5-6-20/h7-12,17,20H,5-6,13-16,18-19H2,1-4H3. The number of hydrogen-bond donors (Lipinski definition) is 0. The first-order valence-electron chi connectivity index (χ1n) is 12.1. The minimum absolute atomic E-state index is 0.0327. The highest BCUT2D eigenvalue weighted by molar-refractivity contribution is 6.07. The second-order valence-corrected chi connectivity index (χ2v) is 11.1. The Kier molecular flexibility index (Phi) is 5.32. The fraction of sp³-hybridized carbons (Fsp3) is 0.536. The fourth-order valence-electron chi connectivity index (χ4n) is 5.48. The van der Waals surface area contributed by atoms with Crippen LogP contribution in [0.25, 0.3) is 0 Å². The third-order valence-corrected chi connectivity index (χ3v) is 7.80. The predicted molar refractivity (Wildman–Crippen MR) is 130 cm³/mol. The number of hydrogen-bond acceptors (Lipinski definition) is 3. The Bertz CT molecular complexity index is 993. The van der Waals surface area contributed by atoms with E-state index in [1.807, 2.05) is 23.1 Å². The van der Waals surface area contributed by atoms with Gasteiger partial charge in [0.1, 0.15) is 5.75 Å². The van der Waals surface area contributed by atoms with Crippen LogP contribution in [-0.2, 0) is 10.8 Å². The molecule has 1 spiro atoms. The van der Waals surface area contributed by atoms with Gasteiger partial charge in [-0.3, -0.25) is 4.79 Å². The lowest BCUT2D eigenvalue weighted by Gasteiger charge is -2.40. The van der Waals surface area contributed by atoms with Crippen LogP contribution >= 0.6 is 0 Å². The molecule has 1 saturated carbocycles. The van der Waals surface area contributed by atoms with Gasteiger partial charge in [0.25, 0.3) is 5.91 Å². The molecule has 1 aliphatic carbocycles. The number of methoxy groups -OCH3 is 1. The van der Waals surface area contributed by atoms with Crippen LogP contribution in [0.2, 0.25) is 0 Å². The van der Waals surface area contributed by atoms with Crippen LogP contribution in [0, 0.1) is 5.92 Å². The third-order valence-electron chi connectivity index (χ3n) is 7.80. The van der Waals surface area contributed by atoms with Gasteiger partial charge in [-0.15, -0.1) is 0 Å². The lowest BCUT2D eigenvalue weighted by Crippen LogP contribution is -2.46. The maximum absolute atomic E-state index is 13.7. The molecular formula is C28H36N2O2. The Hall–Kier alpha value is -2.33. The molecule has 1 saturated heterocycles. The van der Waals surface area contributed by atoms with Gasteiger partial charge in [-0.1, -0.05) is 32.9 Å².